The zero-order valence-corrected chi connectivity index (χ0v) is 15.6. The molecule has 0 aliphatic carbocycles. The van der Waals surface area contributed by atoms with E-state index in [1.54, 1.807) is 37.3 Å². The number of ether oxygens (including phenoxy) is 1. The molecule has 6 nitrogen and oxygen atoms in total. The molecule has 0 fully saturated rings. The number of aryl methyl sites for hydroxylation is 1. The summed E-state index contributed by atoms with van der Waals surface area (Å²) in [6.07, 6.45) is 0.0277. The Morgan fingerprint density at radius 3 is 2.62 bits per heavy atom. The lowest BCUT2D eigenvalue weighted by Crippen LogP contribution is -2.21. The Kier molecular flexibility index (Phi) is 6.74. The van der Waals surface area contributed by atoms with Crippen molar-refractivity contribution >= 4 is 34.8 Å². The van der Waals surface area contributed by atoms with Crippen LogP contribution in [0.3, 0.4) is 0 Å². The summed E-state index contributed by atoms with van der Waals surface area (Å²) in [5.74, 6) is -0.122. The van der Waals surface area contributed by atoms with E-state index in [-0.39, 0.29) is 12.3 Å². The first kappa shape index (κ1) is 19.5. The van der Waals surface area contributed by atoms with Crippen LogP contribution in [0.1, 0.15) is 29.3 Å². The Labute approximate surface area is 157 Å². The van der Waals surface area contributed by atoms with Gasteiger partial charge < -0.3 is 10.1 Å². The molecule has 7 heteroatoms. The van der Waals surface area contributed by atoms with Gasteiger partial charge in [-0.25, -0.2) is 5.43 Å². The summed E-state index contributed by atoms with van der Waals surface area (Å²) in [7, 11) is 1.54. The zero-order chi connectivity index (χ0) is 19.1. The number of hydrazone groups is 1. The lowest BCUT2D eigenvalue weighted by molar-refractivity contribution is -0.115. The van der Waals surface area contributed by atoms with E-state index in [1.165, 1.54) is 7.11 Å². The third-order valence-electron chi connectivity index (χ3n) is 3.51. The first-order valence-electron chi connectivity index (χ1n) is 7.93. The van der Waals surface area contributed by atoms with E-state index in [0.29, 0.717) is 27.7 Å². The maximum absolute atomic E-state index is 12.2. The summed E-state index contributed by atoms with van der Waals surface area (Å²) in [5, 5.41) is 7.07. The van der Waals surface area contributed by atoms with Crippen molar-refractivity contribution < 1.29 is 14.3 Å². The molecule has 0 spiro atoms. The fourth-order valence-electron chi connectivity index (χ4n) is 2.24. The molecular formula is C19H20ClN3O3. The fraction of sp³-hybridized carbons (Fsp3) is 0.211. The van der Waals surface area contributed by atoms with Crippen molar-refractivity contribution in [3.8, 4) is 5.75 Å². The summed E-state index contributed by atoms with van der Waals surface area (Å²) >= 11 is 5.97. The second-order valence-electron chi connectivity index (χ2n) is 5.70. The minimum Gasteiger partial charge on any atom is -0.495 e. The molecule has 0 aliphatic heterocycles. The zero-order valence-electron chi connectivity index (χ0n) is 14.8. The van der Waals surface area contributed by atoms with E-state index >= 15 is 0 Å². The van der Waals surface area contributed by atoms with Crippen molar-refractivity contribution in [3.05, 3.63) is 58.6 Å². The Morgan fingerprint density at radius 1 is 1.19 bits per heavy atom. The second-order valence-corrected chi connectivity index (χ2v) is 6.10. The number of hydrogen-bond donors (Lipinski definition) is 2. The van der Waals surface area contributed by atoms with Crippen LogP contribution in [-0.4, -0.2) is 24.6 Å². The molecule has 0 atom stereocenters. The molecule has 2 aromatic carbocycles. The molecule has 0 bridgehead atoms. The SMILES string of the molecule is COc1ccc(C)cc1NC(=O)C/C(C)=N/NC(=O)c1ccccc1Cl. The normalized spacial score (nSPS) is 11.0. The van der Waals surface area contributed by atoms with Gasteiger partial charge >= 0.3 is 0 Å². The molecule has 0 aliphatic rings. The molecule has 2 amide bonds. The summed E-state index contributed by atoms with van der Waals surface area (Å²) in [6, 6.07) is 12.2. The van der Waals surface area contributed by atoms with Crippen molar-refractivity contribution in [2.45, 2.75) is 20.3 Å². The average Bonchev–Trinajstić information content (AvgIpc) is 2.60. The summed E-state index contributed by atoms with van der Waals surface area (Å²) < 4.78 is 5.23. The lowest BCUT2D eigenvalue weighted by Gasteiger charge is -2.11. The van der Waals surface area contributed by atoms with Crippen LogP contribution in [0.5, 0.6) is 5.75 Å². The van der Waals surface area contributed by atoms with E-state index in [2.05, 4.69) is 15.8 Å². The molecule has 2 aromatic rings. The number of methoxy groups -OCH3 is 1. The highest BCUT2D eigenvalue weighted by Crippen LogP contribution is 2.25. The van der Waals surface area contributed by atoms with Crippen LogP contribution < -0.4 is 15.5 Å². The van der Waals surface area contributed by atoms with Crippen LogP contribution >= 0.6 is 11.6 Å². The van der Waals surface area contributed by atoms with Gasteiger partial charge in [0, 0.05) is 5.71 Å². The first-order valence-corrected chi connectivity index (χ1v) is 8.31. The minimum atomic E-state index is -0.435. The lowest BCUT2D eigenvalue weighted by atomic mass is 10.2. The standard InChI is InChI=1S/C19H20ClN3O3/c1-12-8-9-17(26-3)16(10-12)21-18(24)11-13(2)22-23-19(25)14-6-4-5-7-15(14)20/h4-10H,11H2,1-3H3,(H,21,24)(H,23,25)/b22-13+. The number of nitrogens with one attached hydrogen (secondary N) is 2. The van der Waals surface area contributed by atoms with Crippen LogP contribution in [0, 0.1) is 6.92 Å². The fourth-order valence-corrected chi connectivity index (χ4v) is 2.46. The summed E-state index contributed by atoms with van der Waals surface area (Å²) in [4.78, 5) is 24.2. The Morgan fingerprint density at radius 2 is 1.92 bits per heavy atom. The number of hydrogen-bond acceptors (Lipinski definition) is 4. The molecule has 2 rings (SSSR count). The Balaban J connectivity index is 1.96. The van der Waals surface area contributed by atoms with E-state index in [4.69, 9.17) is 16.3 Å². The number of amides is 2. The van der Waals surface area contributed by atoms with Crippen molar-refractivity contribution in [2.75, 3.05) is 12.4 Å². The van der Waals surface area contributed by atoms with Crippen molar-refractivity contribution in [1.82, 2.24) is 5.43 Å². The molecule has 0 aromatic heterocycles. The number of rotatable bonds is 6. The number of benzene rings is 2. The number of nitrogens with zero attached hydrogens (tertiary/aromatic N) is 1. The van der Waals surface area contributed by atoms with Gasteiger partial charge in [-0.05, 0) is 43.7 Å². The maximum Gasteiger partial charge on any atom is 0.272 e. The molecule has 136 valence electrons. The largest absolute Gasteiger partial charge is 0.495 e. The van der Waals surface area contributed by atoms with Crippen LogP contribution in [0.25, 0.3) is 0 Å². The smallest absolute Gasteiger partial charge is 0.272 e. The summed E-state index contributed by atoms with van der Waals surface area (Å²) in [5.41, 5.74) is 4.76. The predicted octanol–water partition coefficient (Wildman–Crippen LogP) is 3.79. The van der Waals surface area contributed by atoms with Crippen LogP contribution in [0.4, 0.5) is 5.69 Å². The van der Waals surface area contributed by atoms with Crippen LogP contribution in [0.2, 0.25) is 5.02 Å². The van der Waals surface area contributed by atoms with Gasteiger partial charge in [0.05, 0.1) is 29.8 Å². The molecule has 0 radical (unpaired) electrons. The highest BCUT2D eigenvalue weighted by molar-refractivity contribution is 6.33. The number of carbonyl (C=O) groups excluding carboxylic acids is 2. The van der Waals surface area contributed by atoms with Crippen molar-refractivity contribution in [1.29, 1.82) is 0 Å². The van der Waals surface area contributed by atoms with Gasteiger partial charge in [0.2, 0.25) is 5.91 Å². The average molecular weight is 374 g/mol. The summed E-state index contributed by atoms with van der Waals surface area (Å²) in [6.45, 7) is 3.58. The van der Waals surface area contributed by atoms with Gasteiger partial charge in [-0.1, -0.05) is 29.8 Å². The van der Waals surface area contributed by atoms with E-state index in [9.17, 15) is 9.59 Å². The van der Waals surface area contributed by atoms with E-state index in [0.717, 1.165) is 5.56 Å². The van der Waals surface area contributed by atoms with Gasteiger partial charge in [0.15, 0.2) is 0 Å². The molecule has 26 heavy (non-hydrogen) atoms. The monoisotopic (exact) mass is 373 g/mol. The number of carbonyl (C=O) groups is 2. The molecule has 0 heterocycles. The van der Waals surface area contributed by atoms with Crippen molar-refractivity contribution in [2.24, 2.45) is 5.10 Å². The van der Waals surface area contributed by atoms with Crippen LogP contribution in [-0.2, 0) is 4.79 Å². The minimum absolute atomic E-state index is 0.0277. The van der Waals surface area contributed by atoms with Crippen LogP contribution in [0.15, 0.2) is 47.6 Å². The molecule has 0 saturated heterocycles. The van der Waals surface area contributed by atoms with Gasteiger partial charge in [-0.3, -0.25) is 9.59 Å². The quantitative estimate of drug-likeness (QED) is 0.597. The van der Waals surface area contributed by atoms with Gasteiger partial charge in [0.25, 0.3) is 5.91 Å². The predicted molar refractivity (Wildman–Crippen MR) is 103 cm³/mol. The second kappa shape index (κ2) is 9.01. The highest BCUT2D eigenvalue weighted by atomic mass is 35.5. The Hall–Kier alpha value is -2.86. The van der Waals surface area contributed by atoms with E-state index in [1.807, 2.05) is 19.1 Å². The molecule has 0 saturated carbocycles. The maximum atomic E-state index is 12.2. The van der Waals surface area contributed by atoms with Crippen molar-refractivity contribution in [3.63, 3.8) is 0 Å². The van der Waals surface area contributed by atoms with Gasteiger partial charge in [-0.2, -0.15) is 5.10 Å². The number of halogens is 1. The Bertz CT molecular complexity index is 850. The number of anilines is 1. The highest BCUT2D eigenvalue weighted by Gasteiger charge is 2.11. The van der Waals surface area contributed by atoms with Gasteiger partial charge in [-0.15, -0.1) is 0 Å². The molecular weight excluding hydrogens is 354 g/mol. The topological polar surface area (TPSA) is 79.8 Å². The third kappa shape index (κ3) is 5.32. The third-order valence-corrected chi connectivity index (χ3v) is 3.84. The molecule has 0 unspecified atom stereocenters. The van der Waals surface area contributed by atoms with E-state index < -0.39 is 5.91 Å². The van der Waals surface area contributed by atoms with Gasteiger partial charge in [0.1, 0.15) is 5.75 Å². The first-order chi connectivity index (χ1) is 12.4. The molecule has 2 N–H and O–H groups in total.